The van der Waals surface area contributed by atoms with Crippen LogP contribution in [0.15, 0.2) is 63.5 Å². The van der Waals surface area contributed by atoms with Crippen molar-refractivity contribution in [2.24, 2.45) is 10.1 Å². The van der Waals surface area contributed by atoms with E-state index in [0.717, 1.165) is 10.5 Å². The van der Waals surface area contributed by atoms with E-state index in [1.54, 1.807) is 42.1 Å². The molecule has 4 N–H and O–H groups in total. The van der Waals surface area contributed by atoms with Crippen LogP contribution in [0.3, 0.4) is 0 Å². The number of hydrogen-bond donors (Lipinski definition) is 4. The smallest absolute Gasteiger partial charge is 0.252 e. The number of guanidine groups is 1. The van der Waals surface area contributed by atoms with Crippen LogP contribution in [0, 0.1) is 0 Å². The maximum absolute atomic E-state index is 12.2. The Morgan fingerprint density at radius 1 is 1.32 bits per heavy atom. The van der Waals surface area contributed by atoms with E-state index in [-0.39, 0.29) is 29.9 Å². The summed E-state index contributed by atoms with van der Waals surface area (Å²) in [5.41, 5.74) is 4.07. The van der Waals surface area contributed by atoms with Gasteiger partial charge in [-0.3, -0.25) is 14.9 Å². The molecule has 1 aliphatic heterocycles. The van der Waals surface area contributed by atoms with E-state index in [1.807, 2.05) is 24.5 Å². The van der Waals surface area contributed by atoms with Gasteiger partial charge in [0.1, 0.15) is 11.8 Å². The van der Waals surface area contributed by atoms with Crippen LogP contribution in [0.1, 0.15) is 12.0 Å². The second-order valence-corrected chi connectivity index (χ2v) is 6.81. The summed E-state index contributed by atoms with van der Waals surface area (Å²) in [6.07, 6.45) is 3.41. The number of phenolic OH excluding ortho intramolecular Hbond substituents is 1. The first kappa shape index (κ1) is 19.4. The molecule has 9 heteroatoms. The molecule has 1 aliphatic rings. The zero-order chi connectivity index (χ0) is 19.9. The van der Waals surface area contributed by atoms with Gasteiger partial charge in [0.05, 0.1) is 12.6 Å². The fourth-order valence-corrected chi connectivity index (χ4v) is 2.92. The Hall–Kier alpha value is -3.33. The monoisotopic (exact) mass is 397 g/mol. The van der Waals surface area contributed by atoms with Crippen molar-refractivity contribution in [3.05, 3.63) is 54.1 Å². The van der Waals surface area contributed by atoms with E-state index in [1.165, 1.54) is 6.21 Å². The van der Waals surface area contributed by atoms with E-state index in [4.69, 9.17) is 0 Å². The van der Waals surface area contributed by atoms with Gasteiger partial charge in [-0.25, -0.2) is 10.4 Å². The first-order chi connectivity index (χ1) is 13.5. The predicted molar refractivity (Wildman–Crippen MR) is 110 cm³/mol. The van der Waals surface area contributed by atoms with Gasteiger partial charge in [0, 0.05) is 10.6 Å². The molecule has 0 saturated carbocycles. The third-order valence-corrected chi connectivity index (χ3v) is 4.56. The summed E-state index contributed by atoms with van der Waals surface area (Å²) < 4.78 is 0. The minimum Gasteiger partial charge on any atom is -0.508 e. The molecular formula is C19H19N5O3S. The van der Waals surface area contributed by atoms with Crippen molar-refractivity contribution in [3.63, 3.8) is 0 Å². The van der Waals surface area contributed by atoms with Crippen LogP contribution in [0.25, 0.3) is 0 Å². The van der Waals surface area contributed by atoms with Gasteiger partial charge in [-0.2, -0.15) is 5.10 Å². The Balaban J connectivity index is 1.54. The molecule has 0 bridgehead atoms. The number of hydrazone groups is 1. The number of rotatable bonds is 6. The normalized spacial score (nSPS) is 16.0. The SMILES string of the molecule is CSc1cccc(NC(=O)CC2N=C(NN=Cc3ccc(O)cc3)NC2=O)c1. The van der Waals surface area contributed by atoms with Crippen molar-refractivity contribution in [2.45, 2.75) is 17.4 Å². The molecule has 1 unspecified atom stereocenters. The standard InChI is InChI=1S/C19H19N5O3S/c1-28-15-4-2-3-13(9-15)21-17(26)10-16-18(27)23-19(22-16)24-20-11-12-5-7-14(25)8-6-12/h2-9,11,16,25H,10H2,1H3,(H,21,26)(H2,22,23,24,27). The summed E-state index contributed by atoms with van der Waals surface area (Å²) in [7, 11) is 0. The Kier molecular flexibility index (Phi) is 6.28. The number of nitrogens with one attached hydrogen (secondary N) is 3. The van der Waals surface area contributed by atoms with Gasteiger partial charge >= 0.3 is 0 Å². The van der Waals surface area contributed by atoms with Crippen molar-refractivity contribution in [1.82, 2.24) is 10.7 Å². The summed E-state index contributed by atoms with van der Waals surface area (Å²) in [6.45, 7) is 0. The van der Waals surface area contributed by atoms with Crippen LogP contribution < -0.4 is 16.1 Å². The zero-order valence-electron chi connectivity index (χ0n) is 15.0. The molecule has 0 aliphatic carbocycles. The second-order valence-electron chi connectivity index (χ2n) is 5.93. The van der Waals surface area contributed by atoms with E-state index < -0.39 is 6.04 Å². The minimum atomic E-state index is -0.810. The van der Waals surface area contributed by atoms with Gasteiger partial charge in [0.15, 0.2) is 0 Å². The fraction of sp³-hybridized carbons (Fsp3) is 0.158. The number of phenols is 1. The Bertz CT molecular complexity index is 927. The van der Waals surface area contributed by atoms with Crippen molar-refractivity contribution >= 4 is 41.4 Å². The molecule has 1 heterocycles. The van der Waals surface area contributed by atoms with Crippen molar-refractivity contribution in [2.75, 3.05) is 11.6 Å². The average Bonchev–Trinajstić information content (AvgIpc) is 3.02. The lowest BCUT2D eigenvalue weighted by Crippen LogP contribution is -2.35. The Morgan fingerprint density at radius 3 is 2.86 bits per heavy atom. The van der Waals surface area contributed by atoms with E-state index in [9.17, 15) is 14.7 Å². The molecule has 1 atom stereocenters. The number of anilines is 1. The van der Waals surface area contributed by atoms with Crippen molar-refractivity contribution < 1.29 is 14.7 Å². The topological polar surface area (TPSA) is 115 Å². The third kappa shape index (κ3) is 5.34. The zero-order valence-corrected chi connectivity index (χ0v) is 15.9. The lowest BCUT2D eigenvalue weighted by atomic mass is 10.2. The summed E-state index contributed by atoms with van der Waals surface area (Å²) in [5.74, 6) is -0.313. The highest BCUT2D eigenvalue weighted by Crippen LogP contribution is 2.19. The third-order valence-electron chi connectivity index (χ3n) is 3.84. The summed E-state index contributed by atoms with van der Waals surface area (Å²) in [6, 6.07) is 13.1. The molecule has 2 aromatic carbocycles. The molecule has 0 radical (unpaired) electrons. The van der Waals surface area contributed by atoms with E-state index in [0.29, 0.717) is 5.69 Å². The molecule has 2 aromatic rings. The van der Waals surface area contributed by atoms with Crippen LogP contribution in [0.4, 0.5) is 5.69 Å². The van der Waals surface area contributed by atoms with Gasteiger partial charge in [0.2, 0.25) is 11.9 Å². The number of benzene rings is 2. The van der Waals surface area contributed by atoms with E-state index >= 15 is 0 Å². The summed E-state index contributed by atoms with van der Waals surface area (Å²) >= 11 is 1.58. The molecule has 2 amide bonds. The molecular weight excluding hydrogens is 378 g/mol. The Labute approximate surface area is 166 Å². The van der Waals surface area contributed by atoms with Gasteiger partial charge in [-0.1, -0.05) is 6.07 Å². The summed E-state index contributed by atoms with van der Waals surface area (Å²) in [4.78, 5) is 29.4. The highest BCUT2D eigenvalue weighted by molar-refractivity contribution is 7.98. The number of aromatic hydroxyl groups is 1. The average molecular weight is 397 g/mol. The molecule has 28 heavy (non-hydrogen) atoms. The van der Waals surface area contributed by atoms with Crippen LogP contribution in [-0.4, -0.2) is 41.4 Å². The van der Waals surface area contributed by atoms with E-state index in [2.05, 4.69) is 26.2 Å². The molecule has 0 spiro atoms. The number of thioether (sulfide) groups is 1. The van der Waals surface area contributed by atoms with Crippen LogP contribution in [0.5, 0.6) is 5.75 Å². The lowest BCUT2D eigenvalue weighted by Gasteiger charge is -2.07. The van der Waals surface area contributed by atoms with Crippen LogP contribution in [0.2, 0.25) is 0 Å². The lowest BCUT2D eigenvalue weighted by molar-refractivity contribution is -0.123. The number of nitrogens with zero attached hydrogens (tertiary/aromatic N) is 2. The molecule has 0 aromatic heterocycles. The van der Waals surface area contributed by atoms with Crippen molar-refractivity contribution in [3.8, 4) is 5.75 Å². The highest BCUT2D eigenvalue weighted by Gasteiger charge is 2.28. The number of amides is 2. The minimum absolute atomic E-state index is 0.0673. The number of carbonyl (C=O) groups excluding carboxylic acids is 2. The maximum Gasteiger partial charge on any atom is 0.252 e. The van der Waals surface area contributed by atoms with Gasteiger partial charge in [-0.05, 0) is 54.3 Å². The highest BCUT2D eigenvalue weighted by atomic mass is 32.2. The van der Waals surface area contributed by atoms with Crippen molar-refractivity contribution in [1.29, 1.82) is 0 Å². The van der Waals surface area contributed by atoms with Gasteiger partial charge in [-0.15, -0.1) is 11.8 Å². The number of aliphatic imine (C=N–C) groups is 1. The molecule has 3 rings (SSSR count). The molecule has 8 nitrogen and oxygen atoms in total. The van der Waals surface area contributed by atoms with Crippen LogP contribution >= 0.6 is 11.8 Å². The van der Waals surface area contributed by atoms with Crippen LogP contribution in [-0.2, 0) is 9.59 Å². The summed E-state index contributed by atoms with van der Waals surface area (Å²) in [5, 5.41) is 18.6. The predicted octanol–water partition coefficient (Wildman–Crippen LogP) is 1.92. The number of hydrogen-bond acceptors (Lipinski definition) is 7. The Morgan fingerprint density at radius 2 is 2.11 bits per heavy atom. The van der Waals surface area contributed by atoms with Gasteiger partial charge in [0.25, 0.3) is 5.91 Å². The number of carbonyl (C=O) groups is 2. The van der Waals surface area contributed by atoms with Gasteiger partial charge < -0.3 is 10.4 Å². The molecule has 144 valence electrons. The largest absolute Gasteiger partial charge is 0.508 e. The first-order valence-electron chi connectivity index (χ1n) is 8.44. The maximum atomic E-state index is 12.2. The fourth-order valence-electron chi connectivity index (χ4n) is 2.46. The molecule has 0 saturated heterocycles. The molecule has 0 fully saturated rings. The quantitative estimate of drug-likeness (QED) is 0.338. The first-order valence-corrected chi connectivity index (χ1v) is 9.66. The second kappa shape index (κ2) is 9.05.